The second-order valence-corrected chi connectivity index (χ2v) is 4.26. The molecule has 0 aliphatic carbocycles. The molecule has 0 fully saturated rings. The minimum absolute atomic E-state index is 0.202. The smallest absolute Gasteiger partial charge is 0.128 e. The highest BCUT2D eigenvalue weighted by molar-refractivity contribution is 5.48. The third-order valence-electron chi connectivity index (χ3n) is 3.12. The predicted octanol–water partition coefficient (Wildman–Crippen LogP) is 2.78. The molecule has 96 valence electrons. The SMILES string of the molecule is CCc1nn(Cc2ccccc2F)c(CC)c1N. The highest BCUT2D eigenvalue weighted by Crippen LogP contribution is 2.20. The molecule has 18 heavy (non-hydrogen) atoms. The van der Waals surface area contributed by atoms with Crippen LogP contribution in [0.1, 0.15) is 30.8 Å². The number of aryl methyl sites for hydroxylation is 1. The van der Waals surface area contributed by atoms with Gasteiger partial charge in [0.15, 0.2) is 0 Å². The maximum atomic E-state index is 13.6. The van der Waals surface area contributed by atoms with Crippen molar-refractivity contribution in [2.24, 2.45) is 0 Å². The molecule has 3 nitrogen and oxygen atoms in total. The largest absolute Gasteiger partial charge is 0.396 e. The fraction of sp³-hybridized carbons (Fsp3) is 0.357. The zero-order valence-corrected chi connectivity index (χ0v) is 10.8. The minimum Gasteiger partial charge on any atom is -0.396 e. The molecule has 1 aromatic carbocycles. The van der Waals surface area contributed by atoms with Gasteiger partial charge in [-0.05, 0) is 18.9 Å². The van der Waals surface area contributed by atoms with Gasteiger partial charge in [-0.2, -0.15) is 5.10 Å². The van der Waals surface area contributed by atoms with Crippen molar-refractivity contribution in [1.29, 1.82) is 0 Å². The maximum Gasteiger partial charge on any atom is 0.128 e. The zero-order chi connectivity index (χ0) is 13.1. The van der Waals surface area contributed by atoms with Crippen molar-refractivity contribution in [2.45, 2.75) is 33.2 Å². The number of anilines is 1. The van der Waals surface area contributed by atoms with Gasteiger partial charge in [-0.25, -0.2) is 4.39 Å². The number of hydrogen-bond donors (Lipinski definition) is 1. The van der Waals surface area contributed by atoms with Crippen LogP contribution in [-0.4, -0.2) is 9.78 Å². The number of nitrogens with zero attached hydrogens (tertiary/aromatic N) is 2. The quantitative estimate of drug-likeness (QED) is 0.902. The summed E-state index contributed by atoms with van der Waals surface area (Å²) in [5, 5.41) is 4.46. The van der Waals surface area contributed by atoms with E-state index in [-0.39, 0.29) is 5.82 Å². The van der Waals surface area contributed by atoms with Crippen LogP contribution in [0, 0.1) is 5.82 Å². The van der Waals surface area contributed by atoms with Crippen LogP contribution in [0.3, 0.4) is 0 Å². The molecule has 1 heterocycles. The fourth-order valence-corrected chi connectivity index (χ4v) is 2.12. The number of halogens is 1. The summed E-state index contributed by atoms with van der Waals surface area (Å²) in [6.07, 6.45) is 1.59. The summed E-state index contributed by atoms with van der Waals surface area (Å²) < 4.78 is 15.4. The summed E-state index contributed by atoms with van der Waals surface area (Å²) in [6.45, 7) is 4.48. The molecule has 2 rings (SSSR count). The molecule has 2 N–H and O–H groups in total. The third-order valence-corrected chi connectivity index (χ3v) is 3.12. The predicted molar refractivity (Wildman–Crippen MR) is 70.9 cm³/mol. The van der Waals surface area contributed by atoms with Crippen LogP contribution in [0.5, 0.6) is 0 Å². The van der Waals surface area contributed by atoms with Crippen molar-refractivity contribution in [2.75, 3.05) is 5.73 Å². The molecule has 0 saturated carbocycles. The Balaban J connectivity index is 2.37. The lowest BCUT2D eigenvalue weighted by Gasteiger charge is -2.07. The maximum absolute atomic E-state index is 13.6. The third kappa shape index (κ3) is 2.23. The van der Waals surface area contributed by atoms with Crippen LogP contribution in [0.4, 0.5) is 10.1 Å². The van der Waals surface area contributed by atoms with Crippen molar-refractivity contribution >= 4 is 5.69 Å². The number of hydrogen-bond acceptors (Lipinski definition) is 2. The van der Waals surface area contributed by atoms with Crippen LogP contribution >= 0.6 is 0 Å². The van der Waals surface area contributed by atoms with Crippen LogP contribution in [0.2, 0.25) is 0 Å². The minimum atomic E-state index is -0.202. The molecule has 2 aromatic rings. The Kier molecular flexibility index (Phi) is 3.65. The molecule has 1 aromatic heterocycles. The van der Waals surface area contributed by atoms with Crippen LogP contribution < -0.4 is 5.73 Å². The van der Waals surface area contributed by atoms with E-state index in [9.17, 15) is 4.39 Å². The van der Waals surface area contributed by atoms with E-state index in [1.54, 1.807) is 12.1 Å². The van der Waals surface area contributed by atoms with E-state index >= 15 is 0 Å². The van der Waals surface area contributed by atoms with Crippen molar-refractivity contribution < 1.29 is 4.39 Å². The lowest BCUT2D eigenvalue weighted by molar-refractivity contribution is 0.574. The summed E-state index contributed by atoms with van der Waals surface area (Å²) in [5.41, 5.74) is 9.30. The van der Waals surface area contributed by atoms with Gasteiger partial charge in [0.1, 0.15) is 5.82 Å². The Labute approximate surface area is 106 Å². The molecule has 0 saturated heterocycles. The van der Waals surface area contributed by atoms with E-state index in [1.807, 2.05) is 24.6 Å². The van der Waals surface area contributed by atoms with Gasteiger partial charge in [-0.1, -0.05) is 32.0 Å². The Morgan fingerprint density at radius 2 is 1.94 bits per heavy atom. The van der Waals surface area contributed by atoms with Gasteiger partial charge in [0.05, 0.1) is 23.6 Å². The molecular weight excluding hydrogens is 229 g/mol. The lowest BCUT2D eigenvalue weighted by Crippen LogP contribution is -2.08. The standard InChI is InChI=1S/C14H18FN3/c1-3-12-14(16)13(4-2)18(17-12)9-10-7-5-6-8-11(10)15/h5-8H,3-4,9,16H2,1-2H3. The summed E-state index contributed by atoms with van der Waals surface area (Å²) in [5.74, 6) is -0.202. The highest BCUT2D eigenvalue weighted by Gasteiger charge is 2.13. The fourth-order valence-electron chi connectivity index (χ4n) is 2.12. The molecular formula is C14H18FN3. The van der Waals surface area contributed by atoms with Crippen molar-refractivity contribution in [3.63, 3.8) is 0 Å². The molecule has 0 bridgehead atoms. The summed E-state index contributed by atoms with van der Waals surface area (Å²) in [4.78, 5) is 0. The first-order valence-corrected chi connectivity index (χ1v) is 6.24. The number of benzene rings is 1. The van der Waals surface area contributed by atoms with Crippen LogP contribution in [0.25, 0.3) is 0 Å². The Morgan fingerprint density at radius 1 is 1.22 bits per heavy atom. The summed E-state index contributed by atoms with van der Waals surface area (Å²) in [7, 11) is 0. The van der Waals surface area contributed by atoms with Crippen molar-refractivity contribution in [3.8, 4) is 0 Å². The van der Waals surface area contributed by atoms with Gasteiger partial charge in [0, 0.05) is 5.56 Å². The topological polar surface area (TPSA) is 43.8 Å². The van der Waals surface area contributed by atoms with E-state index in [0.717, 1.165) is 29.9 Å². The molecule has 0 unspecified atom stereocenters. The molecule has 0 aliphatic rings. The molecule has 0 spiro atoms. The first-order valence-electron chi connectivity index (χ1n) is 6.24. The molecule has 0 aliphatic heterocycles. The molecule has 0 amide bonds. The Hall–Kier alpha value is -1.84. The van der Waals surface area contributed by atoms with E-state index in [1.165, 1.54) is 6.07 Å². The Bertz CT molecular complexity index is 546. The summed E-state index contributed by atoms with van der Waals surface area (Å²) in [6, 6.07) is 6.76. The van der Waals surface area contributed by atoms with Gasteiger partial charge >= 0.3 is 0 Å². The monoisotopic (exact) mass is 247 g/mol. The van der Waals surface area contributed by atoms with Gasteiger partial charge in [0.2, 0.25) is 0 Å². The highest BCUT2D eigenvalue weighted by atomic mass is 19.1. The van der Waals surface area contributed by atoms with Crippen LogP contribution in [-0.2, 0) is 19.4 Å². The van der Waals surface area contributed by atoms with Crippen LogP contribution in [0.15, 0.2) is 24.3 Å². The molecule has 0 radical (unpaired) electrons. The second-order valence-electron chi connectivity index (χ2n) is 4.26. The lowest BCUT2D eigenvalue weighted by atomic mass is 10.2. The zero-order valence-electron chi connectivity index (χ0n) is 10.8. The number of nitrogen functional groups attached to an aromatic ring is 1. The van der Waals surface area contributed by atoms with Gasteiger partial charge in [0.25, 0.3) is 0 Å². The normalized spacial score (nSPS) is 10.8. The van der Waals surface area contributed by atoms with E-state index in [4.69, 9.17) is 5.73 Å². The molecule has 4 heteroatoms. The van der Waals surface area contributed by atoms with Crippen molar-refractivity contribution in [3.05, 3.63) is 47.0 Å². The van der Waals surface area contributed by atoms with Gasteiger partial charge < -0.3 is 5.73 Å². The number of rotatable bonds is 4. The van der Waals surface area contributed by atoms with Gasteiger partial charge in [-0.3, -0.25) is 4.68 Å². The number of nitrogens with two attached hydrogens (primary N) is 1. The second kappa shape index (κ2) is 5.21. The Morgan fingerprint density at radius 3 is 2.56 bits per heavy atom. The van der Waals surface area contributed by atoms with E-state index in [2.05, 4.69) is 5.10 Å². The first-order chi connectivity index (χ1) is 8.67. The number of aromatic nitrogens is 2. The summed E-state index contributed by atoms with van der Waals surface area (Å²) >= 11 is 0. The first kappa shape index (κ1) is 12.6. The average molecular weight is 247 g/mol. The average Bonchev–Trinajstić information content (AvgIpc) is 2.68. The molecule has 0 atom stereocenters. The van der Waals surface area contributed by atoms with Crippen molar-refractivity contribution in [1.82, 2.24) is 9.78 Å². The van der Waals surface area contributed by atoms with E-state index in [0.29, 0.717) is 12.1 Å². The van der Waals surface area contributed by atoms with Gasteiger partial charge in [-0.15, -0.1) is 0 Å². The van der Waals surface area contributed by atoms with E-state index < -0.39 is 0 Å².